The minimum absolute atomic E-state index is 0.164. The second-order valence-electron chi connectivity index (χ2n) is 4.57. The normalized spacial score (nSPS) is 31.1. The number of carbonyl (C=O) groups excluding carboxylic acids is 1. The van der Waals surface area contributed by atoms with Gasteiger partial charge in [0.05, 0.1) is 12.7 Å². The first-order valence-corrected chi connectivity index (χ1v) is 5.91. The summed E-state index contributed by atoms with van der Waals surface area (Å²) in [5.74, 6) is -0.494. The molecule has 0 amide bonds. The number of hydrogen-bond acceptors (Lipinski definition) is 3. The Hall–Kier alpha value is -0.410. The van der Waals surface area contributed by atoms with E-state index >= 15 is 0 Å². The van der Waals surface area contributed by atoms with Crippen LogP contribution in [0, 0.1) is 5.92 Å². The molecule has 1 rings (SSSR count). The van der Waals surface area contributed by atoms with Crippen molar-refractivity contribution in [3.8, 4) is 0 Å². The third-order valence-electron chi connectivity index (χ3n) is 2.90. The summed E-state index contributed by atoms with van der Waals surface area (Å²) in [4.78, 5) is 11.0. The molecule has 0 aromatic carbocycles. The number of ether oxygens (including phenoxy) is 2. The van der Waals surface area contributed by atoms with Crippen molar-refractivity contribution in [2.75, 3.05) is 6.61 Å². The van der Waals surface area contributed by atoms with Crippen LogP contribution in [-0.2, 0) is 14.3 Å². The van der Waals surface area contributed by atoms with E-state index in [0.29, 0.717) is 18.9 Å². The summed E-state index contributed by atoms with van der Waals surface area (Å²) in [5.41, 5.74) is 0. The quantitative estimate of drug-likeness (QED) is 0.503. The Bertz CT molecular complexity index is 203. The monoisotopic (exact) mass is 214 g/mol. The van der Waals surface area contributed by atoms with Gasteiger partial charge in [-0.2, -0.15) is 0 Å². The van der Waals surface area contributed by atoms with Gasteiger partial charge in [0.25, 0.3) is 0 Å². The van der Waals surface area contributed by atoms with E-state index in [2.05, 4.69) is 20.8 Å². The van der Waals surface area contributed by atoms with Gasteiger partial charge in [0.15, 0.2) is 6.29 Å². The fourth-order valence-corrected chi connectivity index (χ4v) is 1.80. The first-order chi connectivity index (χ1) is 7.13. The molecule has 0 radical (unpaired) electrons. The Kier molecular flexibility index (Phi) is 4.74. The second-order valence-corrected chi connectivity index (χ2v) is 4.57. The summed E-state index contributed by atoms with van der Waals surface area (Å²) in [6.07, 6.45) is 4.65. The van der Waals surface area contributed by atoms with Crippen molar-refractivity contribution in [2.45, 2.75) is 58.3 Å². The molecule has 2 atom stereocenters. The molecule has 0 aromatic heterocycles. The molecular weight excluding hydrogens is 192 g/mol. The molecule has 1 fully saturated rings. The number of hydrogen-bond donors (Lipinski definition) is 0. The van der Waals surface area contributed by atoms with E-state index in [4.69, 9.17) is 9.47 Å². The van der Waals surface area contributed by atoms with E-state index in [-0.39, 0.29) is 6.10 Å². The minimum Gasteiger partial charge on any atom is -0.344 e. The first kappa shape index (κ1) is 12.7. The fourth-order valence-electron chi connectivity index (χ4n) is 1.80. The van der Waals surface area contributed by atoms with Crippen LogP contribution in [0.4, 0.5) is 0 Å². The lowest BCUT2D eigenvalue weighted by atomic mass is 10.0. The van der Waals surface area contributed by atoms with Gasteiger partial charge in [-0.05, 0) is 18.8 Å². The molecule has 0 aliphatic carbocycles. The lowest BCUT2D eigenvalue weighted by molar-refractivity contribution is -0.215. The zero-order chi connectivity index (χ0) is 11.3. The van der Waals surface area contributed by atoms with E-state index in [1.807, 2.05) is 0 Å². The van der Waals surface area contributed by atoms with Crippen molar-refractivity contribution in [2.24, 2.45) is 5.92 Å². The van der Waals surface area contributed by atoms with E-state index in [0.717, 1.165) is 25.5 Å². The maximum atomic E-state index is 11.0. The van der Waals surface area contributed by atoms with Crippen LogP contribution in [0.2, 0.25) is 0 Å². The summed E-state index contributed by atoms with van der Waals surface area (Å²) >= 11 is 0. The molecule has 1 aliphatic heterocycles. The molecule has 0 saturated carbocycles. The molecule has 3 nitrogen and oxygen atoms in total. The van der Waals surface area contributed by atoms with Gasteiger partial charge in [0.1, 0.15) is 0 Å². The van der Waals surface area contributed by atoms with Crippen LogP contribution in [0.25, 0.3) is 0 Å². The molecule has 0 spiro atoms. The largest absolute Gasteiger partial charge is 0.344 e. The van der Waals surface area contributed by atoms with Crippen LogP contribution < -0.4 is 0 Å². The topological polar surface area (TPSA) is 35.5 Å². The van der Waals surface area contributed by atoms with Crippen LogP contribution in [0.15, 0.2) is 0 Å². The highest BCUT2D eigenvalue weighted by molar-refractivity contribution is 5.60. The van der Waals surface area contributed by atoms with E-state index < -0.39 is 5.79 Å². The number of unbranched alkanes of at least 4 members (excludes halogenated alkanes) is 1. The summed E-state index contributed by atoms with van der Waals surface area (Å²) in [7, 11) is 0. The third-order valence-corrected chi connectivity index (χ3v) is 2.90. The second kappa shape index (κ2) is 5.61. The van der Waals surface area contributed by atoms with Crippen LogP contribution in [-0.4, -0.2) is 24.8 Å². The predicted molar refractivity (Wildman–Crippen MR) is 58.6 cm³/mol. The number of rotatable bonds is 6. The lowest BCUT2D eigenvalue weighted by Gasteiger charge is -2.24. The summed E-state index contributed by atoms with van der Waals surface area (Å²) in [6.45, 7) is 6.93. The Morgan fingerprint density at radius 3 is 2.80 bits per heavy atom. The van der Waals surface area contributed by atoms with Crippen molar-refractivity contribution >= 4 is 6.29 Å². The molecule has 3 heteroatoms. The van der Waals surface area contributed by atoms with Crippen LogP contribution in [0.3, 0.4) is 0 Å². The molecule has 0 bridgehead atoms. The Morgan fingerprint density at radius 2 is 2.33 bits per heavy atom. The van der Waals surface area contributed by atoms with Gasteiger partial charge in [-0.15, -0.1) is 0 Å². The summed E-state index contributed by atoms with van der Waals surface area (Å²) in [6, 6.07) is 0. The molecule has 0 aromatic rings. The van der Waals surface area contributed by atoms with Crippen molar-refractivity contribution in [3.05, 3.63) is 0 Å². The van der Waals surface area contributed by atoms with Gasteiger partial charge >= 0.3 is 0 Å². The van der Waals surface area contributed by atoms with Crippen molar-refractivity contribution < 1.29 is 14.3 Å². The summed E-state index contributed by atoms with van der Waals surface area (Å²) in [5, 5.41) is 0. The third kappa shape index (κ3) is 3.28. The fraction of sp³-hybridized carbons (Fsp3) is 0.917. The number of aldehydes is 1. The molecule has 1 aliphatic rings. The molecule has 0 N–H and O–H groups in total. The maximum absolute atomic E-state index is 11.0. The highest BCUT2D eigenvalue weighted by Gasteiger charge is 2.42. The first-order valence-electron chi connectivity index (χ1n) is 5.91. The Labute approximate surface area is 92.1 Å². The highest BCUT2D eigenvalue weighted by Crippen LogP contribution is 2.33. The SMILES string of the molecule is CCCCOC1(C=O)CCC(C(C)C)O1. The predicted octanol–water partition coefficient (Wildman–Crippen LogP) is 2.53. The van der Waals surface area contributed by atoms with E-state index in [9.17, 15) is 4.79 Å². The van der Waals surface area contributed by atoms with Gasteiger partial charge in [-0.3, -0.25) is 4.79 Å². The van der Waals surface area contributed by atoms with Gasteiger partial charge in [-0.25, -0.2) is 0 Å². The molecule has 15 heavy (non-hydrogen) atoms. The molecular formula is C12H22O3. The Balaban J connectivity index is 2.45. The van der Waals surface area contributed by atoms with Crippen molar-refractivity contribution in [3.63, 3.8) is 0 Å². The average molecular weight is 214 g/mol. The number of carbonyl (C=O) groups is 1. The molecule has 2 unspecified atom stereocenters. The summed E-state index contributed by atoms with van der Waals surface area (Å²) < 4.78 is 11.3. The maximum Gasteiger partial charge on any atom is 0.226 e. The lowest BCUT2D eigenvalue weighted by Crippen LogP contribution is -2.35. The minimum atomic E-state index is -0.940. The van der Waals surface area contributed by atoms with Crippen LogP contribution >= 0.6 is 0 Å². The van der Waals surface area contributed by atoms with Crippen molar-refractivity contribution in [1.29, 1.82) is 0 Å². The van der Waals surface area contributed by atoms with Gasteiger partial charge in [0.2, 0.25) is 5.79 Å². The molecule has 1 saturated heterocycles. The van der Waals surface area contributed by atoms with E-state index in [1.54, 1.807) is 0 Å². The van der Waals surface area contributed by atoms with Gasteiger partial charge in [0, 0.05) is 6.42 Å². The van der Waals surface area contributed by atoms with Crippen LogP contribution in [0.5, 0.6) is 0 Å². The molecule has 88 valence electrons. The molecule has 1 heterocycles. The smallest absolute Gasteiger partial charge is 0.226 e. The standard InChI is InChI=1S/C12H22O3/c1-4-5-8-14-12(9-13)7-6-11(15-12)10(2)3/h9-11H,4-8H2,1-3H3. The van der Waals surface area contributed by atoms with Crippen molar-refractivity contribution in [1.82, 2.24) is 0 Å². The highest BCUT2D eigenvalue weighted by atomic mass is 16.7. The zero-order valence-corrected chi connectivity index (χ0v) is 9.99. The zero-order valence-electron chi connectivity index (χ0n) is 9.99. The Morgan fingerprint density at radius 1 is 1.60 bits per heavy atom. The van der Waals surface area contributed by atoms with Crippen LogP contribution in [0.1, 0.15) is 46.5 Å². The van der Waals surface area contributed by atoms with Gasteiger partial charge < -0.3 is 9.47 Å². The van der Waals surface area contributed by atoms with E-state index in [1.165, 1.54) is 0 Å². The average Bonchev–Trinajstić information content (AvgIpc) is 2.64. The van der Waals surface area contributed by atoms with Gasteiger partial charge in [-0.1, -0.05) is 27.2 Å².